The largest absolute Gasteiger partial charge is 0.481 e. The lowest BCUT2D eigenvalue weighted by atomic mass is 10.0. The van der Waals surface area contributed by atoms with E-state index in [0.29, 0.717) is 0 Å². The van der Waals surface area contributed by atoms with Crippen LogP contribution in [0.5, 0.6) is 0 Å². The van der Waals surface area contributed by atoms with Gasteiger partial charge in [-0.3, -0.25) is 28.9 Å². The molecule has 0 aliphatic carbocycles. The second kappa shape index (κ2) is 11.8. The number of carboxylic acid groups (broad SMARTS) is 2. The molecule has 0 bridgehead atoms. The van der Waals surface area contributed by atoms with Gasteiger partial charge in [-0.05, 0) is 6.92 Å². The molecule has 1 aromatic heterocycles. The first-order valence-corrected chi connectivity index (χ1v) is 12.2. The Hall–Kier alpha value is -4.06. The third-order valence-electron chi connectivity index (χ3n) is 4.77. The number of ether oxygens (including phenoxy) is 1. The Morgan fingerprint density at radius 1 is 1.27 bits per heavy atom. The van der Waals surface area contributed by atoms with Crippen LogP contribution >= 0.6 is 23.3 Å². The molecule has 0 spiro atoms. The molecule has 2 aliphatic rings. The molecule has 5 N–H and O–H groups in total. The minimum Gasteiger partial charge on any atom is -0.481 e. The van der Waals surface area contributed by atoms with Crippen molar-refractivity contribution < 1.29 is 48.6 Å². The van der Waals surface area contributed by atoms with Crippen LogP contribution in [-0.4, -0.2) is 96.1 Å². The molecule has 3 rings (SSSR count). The van der Waals surface area contributed by atoms with Crippen molar-refractivity contribution in [2.45, 2.75) is 31.2 Å². The smallest absolute Gasteiger partial charge is 0.352 e. The SMILES string of the molecule is CC(=O)CC(=O)OCC1=C(C(=O)O)N2C(=O)C(NC(=O)C(=NOCCC(=O)O)c3nsc(N)n3)[C@@H]2SC1. The summed E-state index contributed by atoms with van der Waals surface area (Å²) in [7, 11) is 0. The molecule has 2 atom stereocenters. The molecule has 1 unspecified atom stereocenters. The van der Waals surface area contributed by atoms with Gasteiger partial charge >= 0.3 is 17.9 Å². The van der Waals surface area contributed by atoms with E-state index >= 15 is 0 Å². The number of aliphatic carboxylic acids is 2. The molecular formula is C19H20N6O10S2. The Bertz CT molecular complexity index is 1210. The highest BCUT2D eigenvalue weighted by atomic mass is 32.2. The minimum atomic E-state index is -1.43. The fourth-order valence-electron chi connectivity index (χ4n) is 3.18. The van der Waals surface area contributed by atoms with Gasteiger partial charge in [0, 0.05) is 22.9 Å². The van der Waals surface area contributed by atoms with Crippen LogP contribution in [0.4, 0.5) is 5.13 Å². The van der Waals surface area contributed by atoms with Crippen LogP contribution in [0.15, 0.2) is 16.4 Å². The van der Waals surface area contributed by atoms with Crippen molar-refractivity contribution in [3.63, 3.8) is 0 Å². The summed E-state index contributed by atoms with van der Waals surface area (Å²) in [5.41, 5.74) is 4.86. The molecule has 0 radical (unpaired) electrons. The number of aromatic nitrogens is 2. The minimum absolute atomic E-state index is 0.0162. The number of nitrogens with one attached hydrogen (secondary N) is 1. The number of nitrogen functional groups attached to an aromatic ring is 1. The van der Waals surface area contributed by atoms with E-state index in [4.69, 9.17) is 20.4 Å². The zero-order valence-corrected chi connectivity index (χ0v) is 20.7. The maximum atomic E-state index is 12.9. The quantitative estimate of drug-likeness (QED) is 0.0577. The number of Topliss-reactive ketones (excluding diaryl/α,β-unsaturated/α-hetero) is 1. The summed E-state index contributed by atoms with van der Waals surface area (Å²) < 4.78 is 8.83. The molecule has 1 fully saturated rings. The summed E-state index contributed by atoms with van der Waals surface area (Å²) in [5, 5.41) is 23.6. The van der Waals surface area contributed by atoms with E-state index < -0.39 is 72.1 Å². The normalized spacial score (nSPS) is 19.0. The zero-order chi connectivity index (χ0) is 27.3. The molecule has 1 saturated heterocycles. The number of β-lactam (4-membered cyclic amide) rings is 1. The van der Waals surface area contributed by atoms with E-state index in [9.17, 15) is 33.9 Å². The van der Waals surface area contributed by atoms with Gasteiger partial charge in [0.2, 0.25) is 11.5 Å². The topological polar surface area (TPSA) is 241 Å². The second-order valence-electron chi connectivity index (χ2n) is 7.53. The van der Waals surface area contributed by atoms with Crippen LogP contribution in [0, 0.1) is 0 Å². The molecule has 0 saturated carbocycles. The fourth-order valence-corrected chi connectivity index (χ4v) is 4.95. The maximum absolute atomic E-state index is 12.9. The number of carboxylic acids is 2. The third kappa shape index (κ3) is 6.58. The summed E-state index contributed by atoms with van der Waals surface area (Å²) in [6.45, 7) is 0.428. The molecule has 198 valence electrons. The van der Waals surface area contributed by atoms with Gasteiger partial charge in [0.25, 0.3) is 11.8 Å². The number of esters is 1. The van der Waals surface area contributed by atoms with Crippen molar-refractivity contribution in [3.8, 4) is 0 Å². The van der Waals surface area contributed by atoms with Crippen molar-refractivity contribution in [3.05, 3.63) is 17.1 Å². The number of hydrogen-bond donors (Lipinski definition) is 4. The monoisotopic (exact) mass is 556 g/mol. The lowest BCUT2D eigenvalue weighted by Crippen LogP contribution is -2.71. The highest BCUT2D eigenvalue weighted by molar-refractivity contribution is 8.00. The standard InChI is InChI=1S/C19H20N6O10S2/c1-7(26)4-10(29)34-5-8-6-36-17-12(16(31)25(17)13(8)18(32)33)21-15(30)11(14-22-19(20)37-24-14)23-35-3-2-9(27)28/h12,17H,2-6H2,1H3,(H,21,30)(H,27,28)(H,32,33)(H2,20,22,24)/t12?,17-/m0/s1. The van der Waals surface area contributed by atoms with Crippen molar-refractivity contribution in [2.24, 2.45) is 5.16 Å². The predicted octanol–water partition coefficient (Wildman–Crippen LogP) is -1.42. The molecule has 0 aromatic carbocycles. The average Bonchev–Trinajstić information content (AvgIpc) is 3.25. The molecule has 2 aliphatic heterocycles. The first-order chi connectivity index (χ1) is 17.5. The molecular weight excluding hydrogens is 536 g/mol. The van der Waals surface area contributed by atoms with E-state index in [1.54, 1.807) is 0 Å². The Labute approximate surface area is 216 Å². The Morgan fingerprint density at radius 2 is 2.00 bits per heavy atom. The van der Waals surface area contributed by atoms with Crippen LogP contribution in [0.25, 0.3) is 0 Å². The lowest BCUT2D eigenvalue weighted by Gasteiger charge is -2.49. The van der Waals surface area contributed by atoms with Crippen LogP contribution in [0.3, 0.4) is 0 Å². The van der Waals surface area contributed by atoms with Gasteiger partial charge in [0.15, 0.2) is 5.13 Å². The number of hydrogen-bond acceptors (Lipinski definition) is 14. The van der Waals surface area contributed by atoms with Gasteiger partial charge in [-0.25, -0.2) is 4.79 Å². The summed E-state index contributed by atoms with van der Waals surface area (Å²) >= 11 is 1.89. The molecule has 16 nitrogen and oxygen atoms in total. The first kappa shape index (κ1) is 27.5. The maximum Gasteiger partial charge on any atom is 0.352 e. The predicted molar refractivity (Wildman–Crippen MR) is 125 cm³/mol. The number of nitrogens with zero attached hydrogens (tertiary/aromatic N) is 4. The Kier molecular flexibility index (Phi) is 8.77. The van der Waals surface area contributed by atoms with Gasteiger partial charge in [0.1, 0.15) is 42.5 Å². The zero-order valence-electron chi connectivity index (χ0n) is 19.0. The molecule has 37 heavy (non-hydrogen) atoms. The van der Waals surface area contributed by atoms with Gasteiger partial charge in [-0.15, -0.1) is 11.8 Å². The van der Waals surface area contributed by atoms with Gasteiger partial charge in [-0.1, -0.05) is 5.16 Å². The van der Waals surface area contributed by atoms with E-state index in [2.05, 4.69) is 19.8 Å². The van der Waals surface area contributed by atoms with E-state index in [-0.39, 0.29) is 34.6 Å². The Balaban J connectivity index is 1.73. The van der Waals surface area contributed by atoms with Crippen LogP contribution < -0.4 is 11.1 Å². The summed E-state index contributed by atoms with van der Waals surface area (Å²) in [6, 6.07) is -1.14. The molecule has 2 amide bonds. The number of rotatable bonds is 12. The number of nitrogens with two attached hydrogens (primary N) is 1. The van der Waals surface area contributed by atoms with Gasteiger partial charge in [0.05, 0.1) is 6.42 Å². The summed E-state index contributed by atoms with van der Waals surface area (Å²) in [4.78, 5) is 80.7. The number of thioether (sulfide) groups is 1. The van der Waals surface area contributed by atoms with Crippen LogP contribution in [-0.2, 0) is 38.3 Å². The first-order valence-electron chi connectivity index (χ1n) is 10.4. The lowest BCUT2D eigenvalue weighted by molar-refractivity contribution is -0.150. The van der Waals surface area contributed by atoms with Crippen molar-refractivity contribution in [1.82, 2.24) is 19.6 Å². The van der Waals surface area contributed by atoms with E-state index in [0.717, 1.165) is 28.2 Å². The van der Waals surface area contributed by atoms with Crippen molar-refractivity contribution in [2.75, 3.05) is 24.7 Å². The highest BCUT2D eigenvalue weighted by Crippen LogP contribution is 2.40. The fraction of sp³-hybridized carbons (Fsp3) is 0.421. The number of anilines is 1. The summed E-state index contributed by atoms with van der Waals surface area (Å²) in [5.74, 6) is -5.65. The number of ketones is 1. The van der Waals surface area contributed by atoms with E-state index in [1.165, 1.54) is 6.92 Å². The van der Waals surface area contributed by atoms with Crippen LogP contribution in [0.2, 0.25) is 0 Å². The summed E-state index contributed by atoms with van der Waals surface area (Å²) in [6.07, 6.45) is -0.859. The average molecular weight is 557 g/mol. The van der Waals surface area contributed by atoms with Crippen molar-refractivity contribution >= 4 is 69.6 Å². The molecule has 18 heteroatoms. The van der Waals surface area contributed by atoms with Crippen LogP contribution in [0.1, 0.15) is 25.6 Å². The molecule has 1 aromatic rings. The van der Waals surface area contributed by atoms with E-state index in [1.807, 2.05) is 0 Å². The molecule has 3 heterocycles. The number of oxime groups is 1. The van der Waals surface area contributed by atoms with Crippen molar-refractivity contribution in [1.29, 1.82) is 0 Å². The Morgan fingerprint density at radius 3 is 2.59 bits per heavy atom. The number of amides is 2. The number of fused-ring (bicyclic) bond motifs is 1. The highest BCUT2D eigenvalue weighted by Gasteiger charge is 2.54. The van der Waals surface area contributed by atoms with Gasteiger partial charge in [-0.2, -0.15) is 9.36 Å². The number of carbonyl (C=O) groups is 6. The third-order valence-corrected chi connectivity index (χ3v) is 6.65. The second-order valence-corrected chi connectivity index (χ2v) is 9.42. The van der Waals surface area contributed by atoms with Gasteiger partial charge < -0.3 is 30.8 Å². The number of carbonyl (C=O) groups excluding carboxylic acids is 4.